The summed E-state index contributed by atoms with van der Waals surface area (Å²) in [7, 11) is 0. The van der Waals surface area contributed by atoms with E-state index in [0.29, 0.717) is 17.3 Å². The predicted octanol–water partition coefficient (Wildman–Crippen LogP) is 3.15. The quantitative estimate of drug-likeness (QED) is 0.605. The molecule has 0 saturated heterocycles. The molecule has 0 fully saturated rings. The zero-order chi connectivity index (χ0) is 16.4. The van der Waals surface area contributed by atoms with Crippen molar-refractivity contribution in [1.82, 2.24) is 20.5 Å². The highest BCUT2D eigenvalue weighted by Gasteiger charge is 2.14. The average Bonchev–Trinajstić information content (AvgIpc) is 3.27. The molecule has 2 heterocycles. The minimum Gasteiger partial charge on any atom is -0.439 e. The van der Waals surface area contributed by atoms with Gasteiger partial charge in [0.2, 0.25) is 5.89 Å². The van der Waals surface area contributed by atoms with Crippen molar-refractivity contribution in [2.75, 3.05) is 0 Å². The topological polar surface area (TPSA) is 83.8 Å². The van der Waals surface area contributed by atoms with Gasteiger partial charge < -0.3 is 9.73 Å². The Hall–Kier alpha value is -3.41. The van der Waals surface area contributed by atoms with Crippen LogP contribution in [-0.2, 0) is 6.54 Å². The Balaban J connectivity index is 1.47. The van der Waals surface area contributed by atoms with Crippen LogP contribution < -0.4 is 5.32 Å². The van der Waals surface area contributed by atoms with Crippen LogP contribution in [0.3, 0.4) is 0 Å². The first-order valence-corrected chi connectivity index (χ1v) is 7.53. The number of H-pyrrole nitrogens is 1. The van der Waals surface area contributed by atoms with E-state index in [1.807, 2.05) is 54.6 Å². The Bertz CT molecular complexity index is 988. The first kappa shape index (κ1) is 14.2. The molecule has 24 heavy (non-hydrogen) atoms. The molecule has 4 aromatic rings. The van der Waals surface area contributed by atoms with Gasteiger partial charge in [-0.15, -0.1) is 0 Å². The van der Waals surface area contributed by atoms with Gasteiger partial charge in [0.25, 0.3) is 5.91 Å². The van der Waals surface area contributed by atoms with Gasteiger partial charge in [-0.25, -0.2) is 4.98 Å². The van der Waals surface area contributed by atoms with E-state index in [4.69, 9.17) is 4.42 Å². The summed E-state index contributed by atoms with van der Waals surface area (Å²) in [5.41, 5.74) is 2.13. The maximum absolute atomic E-state index is 12.3. The summed E-state index contributed by atoms with van der Waals surface area (Å²) in [6, 6.07) is 17.2. The standard InChI is InChI=1S/C18H14N4O2/c23-18(17-13-8-4-5-9-14(13)21-22-17)20-11-16-19-10-15(24-16)12-6-2-1-3-7-12/h1-10H,11H2,(H,20,23)(H,21,22). The van der Waals surface area contributed by atoms with E-state index in [1.54, 1.807) is 6.20 Å². The van der Waals surface area contributed by atoms with Crippen LogP contribution in [0.4, 0.5) is 0 Å². The summed E-state index contributed by atoms with van der Waals surface area (Å²) in [4.78, 5) is 16.5. The van der Waals surface area contributed by atoms with Crippen molar-refractivity contribution < 1.29 is 9.21 Å². The number of aromatic amines is 1. The summed E-state index contributed by atoms with van der Waals surface area (Å²) in [5, 5.41) is 10.5. The van der Waals surface area contributed by atoms with Crippen LogP contribution in [0.15, 0.2) is 65.2 Å². The number of nitrogens with one attached hydrogen (secondary N) is 2. The molecule has 6 nitrogen and oxygen atoms in total. The number of carbonyl (C=O) groups excluding carboxylic acids is 1. The van der Waals surface area contributed by atoms with Crippen LogP contribution in [0.25, 0.3) is 22.2 Å². The Labute approximate surface area is 137 Å². The van der Waals surface area contributed by atoms with Crippen LogP contribution in [0.1, 0.15) is 16.4 Å². The molecular weight excluding hydrogens is 304 g/mol. The van der Waals surface area contributed by atoms with Crippen LogP contribution in [0, 0.1) is 0 Å². The number of nitrogens with zero attached hydrogens (tertiary/aromatic N) is 2. The lowest BCUT2D eigenvalue weighted by atomic mass is 10.2. The summed E-state index contributed by atoms with van der Waals surface area (Å²) < 4.78 is 5.67. The molecule has 2 N–H and O–H groups in total. The molecule has 118 valence electrons. The number of carbonyl (C=O) groups is 1. The minimum absolute atomic E-state index is 0.201. The molecule has 0 bridgehead atoms. The third-order valence-corrected chi connectivity index (χ3v) is 3.70. The number of para-hydroxylation sites is 1. The molecular formula is C18H14N4O2. The molecule has 4 rings (SSSR count). The lowest BCUT2D eigenvalue weighted by molar-refractivity contribution is 0.0944. The molecule has 0 spiro atoms. The fraction of sp³-hybridized carbons (Fsp3) is 0.0556. The van der Waals surface area contributed by atoms with Gasteiger partial charge in [-0.05, 0) is 6.07 Å². The van der Waals surface area contributed by atoms with Crippen LogP contribution >= 0.6 is 0 Å². The first-order valence-electron chi connectivity index (χ1n) is 7.53. The zero-order valence-electron chi connectivity index (χ0n) is 12.7. The molecule has 0 aliphatic heterocycles. The maximum atomic E-state index is 12.3. The van der Waals surface area contributed by atoms with Gasteiger partial charge in [-0.1, -0.05) is 48.5 Å². The number of oxazole rings is 1. The molecule has 6 heteroatoms. The van der Waals surface area contributed by atoms with Gasteiger partial charge in [0.15, 0.2) is 11.5 Å². The summed E-state index contributed by atoms with van der Waals surface area (Å²) in [6.45, 7) is 0.201. The molecule has 0 atom stereocenters. The predicted molar refractivity (Wildman–Crippen MR) is 89.2 cm³/mol. The molecule has 0 aliphatic carbocycles. The number of amides is 1. The molecule has 2 aromatic carbocycles. The SMILES string of the molecule is O=C(NCc1ncc(-c2ccccc2)o1)c1n[nH]c2ccccc12. The second kappa shape index (κ2) is 6.00. The van der Waals surface area contributed by atoms with E-state index in [1.165, 1.54) is 0 Å². The molecule has 1 amide bonds. The van der Waals surface area contributed by atoms with Gasteiger partial charge >= 0.3 is 0 Å². The molecule has 2 aromatic heterocycles. The number of aromatic nitrogens is 3. The minimum atomic E-state index is -0.271. The Kier molecular flexibility index (Phi) is 3.55. The number of fused-ring (bicyclic) bond motifs is 1. The first-order chi connectivity index (χ1) is 11.8. The lowest BCUT2D eigenvalue weighted by Crippen LogP contribution is -2.23. The lowest BCUT2D eigenvalue weighted by Gasteiger charge is -2.00. The third-order valence-electron chi connectivity index (χ3n) is 3.70. The highest BCUT2D eigenvalue weighted by molar-refractivity contribution is 6.04. The van der Waals surface area contributed by atoms with Crippen LogP contribution in [-0.4, -0.2) is 21.1 Å². The summed E-state index contributed by atoms with van der Waals surface area (Å²) >= 11 is 0. The molecule has 0 radical (unpaired) electrons. The van der Waals surface area contributed by atoms with E-state index in [2.05, 4.69) is 20.5 Å². The highest BCUT2D eigenvalue weighted by Crippen LogP contribution is 2.20. The monoisotopic (exact) mass is 318 g/mol. The third kappa shape index (κ3) is 2.65. The van der Waals surface area contributed by atoms with Crippen molar-refractivity contribution in [3.8, 4) is 11.3 Å². The highest BCUT2D eigenvalue weighted by atomic mass is 16.4. The summed E-state index contributed by atoms with van der Waals surface area (Å²) in [6.07, 6.45) is 1.65. The number of rotatable bonds is 4. The number of benzene rings is 2. The van der Waals surface area contributed by atoms with Crippen molar-refractivity contribution in [3.05, 3.63) is 72.4 Å². The Morgan fingerprint density at radius 1 is 1.08 bits per heavy atom. The average molecular weight is 318 g/mol. The second-order valence-corrected chi connectivity index (χ2v) is 5.28. The smallest absolute Gasteiger partial charge is 0.272 e. The van der Waals surface area contributed by atoms with Gasteiger partial charge in [0.1, 0.15) is 0 Å². The Morgan fingerprint density at radius 3 is 2.75 bits per heavy atom. The van der Waals surface area contributed by atoms with E-state index >= 15 is 0 Å². The molecule has 0 aliphatic rings. The number of hydrogen-bond acceptors (Lipinski definition) is 4. The van der Waals surface area contributed by atoms with Crippen molar-refractivity contribution in [2.24, 2.45) is 0 Å². The van der Waals surface area contributed by atoms with Crippen molar-refractivity contribution in [2.45, 2.75) is 6.54 Å². The van der Waals surface area contributed by atoms with E-state index in [-0.39, 0.29) is 12.5 Å². The van der Waals surface area contributed by atoms with Crippen molar-refractivity contribution >= 4 is 16.8 Å². The second-order valence-electron chi connectivity index (χ2n) is 5.28. The van der Waals surface area contributed by atoms with Gasteiger partial charge in [0, 0.05) is 10.9 Å². The van der Waals surface area contributed by atoms with E-state index in [0.717, 1.165) is 16.5 Å². The fourth-order valence-electron chi connectivity index (χ4n) is 2.50. The van der Waals surface area contributed by atoms with Gasteiger partial charge in [-0.2, -0.15) is 5.10 Å². The normalized spacial score (nSPS) is 10.8. The molecule has 0 unspecified atom stereocenters. The van der Waals surface area contributed by atoms with Crippen LogP contribution in [0.5, 0.6) is 0 Å². The summed E-state index contributed by atoms with van der Waals surface area (Å²) in [5.74, 6) is 0.846. The maximum Gasteiger partial charge on any atom is 0.272 e. The van der Waals surface area contributed by atoms with Crippen LogP contribution in [0.2, 0.25) is 0 Å². The van der Waals surface area contributed by atoms with Gasteiger partial charge in [-0.3, -0.25) is 9.89 Å². The Morgan fingerprint density at radius 2 is 1.88 bits per heavy atom. The van der Waals surface area contributed by atoms with Crippen molar-refractivity contribution in [3.63, 3.8) is 0 Å². The van der Waals surface area contributed by atoms with Crippen molar-refractivity contribution in [1.29, 1.82) is 0 Å². The largest absolute Gasteiger partial charge is 0.439 e. The van der Waals surface area contributed by atoms with Gasteiger partial charge in [0.05, 0.1) is 18.3 Å². The fourth-order valence-corrected chi connectivity index (χ4v) is 2.50. The zero-order valence-corrected chi connectivity index (χ0v) is 12.7. The molecule has 0 saturated carbocycles. The van der Waals surface area contributed by atoms with E-state index < -0.39 is 0 Å². The number of hydrogen-bond donors (Lipinski definition) is 2. The van der Waals surface area contributed by atoms with E-state index in [9.17, 15) is 4.79 Å².